The summed E-state index contributed by atoms with van der Waals surface area (Å²) in [6, 6.07) is 6.86. The lowest BCUT2D eigenvalue weighted by Gasteiger charge is -2.26. The van der Waals surface area contributed by atoms with Gasteiger partial charge in [0.05, 0.1) is 17.6 Å². The van der Waals surface area contributed by atoms with Crippen molar-refractivity contribution in [2.45, 2.75) is 18.5 Å². The van der Waals surface area contributed by atoms with Crippen LogP contribution in [0.3, 0.4) is 0 Å². The van der Waals surface area contributed by atoms with Crippen molar-refractivity contribution in [3.05, 3.63) is 39.9 Å². The maximum Gasteiger partial charge on any atom is 0.269 e. The molecule has 6 nitrogen and oxygen atoms in total. The number of hydrogen-bond acceptors (Lipinski definition) is 5. The van der Waals surface area contributed by atoms with E-state index in [0.717, 1.165) is 25.1 Å². The number of nitrogens with zero attached hydrogens (tertiary/aromatic N) is 2. The number of likely N-dealkylation sites (tertiary alicyclic amines) is 1. The van der Waals surface area contributed by atoms with Crippen LogP contribution in [0, 0.1) is 10.1 Å². The number of non-ortho nitro benzene ring substituents is 1. The first-order valence-corrected chi connectivity index (χ1v) is 6.36. The maximum absolute atomic E-state index is 10.7. The Bertz CT molecular complexity index is 435. The summed E-state index contributed by atoms with van der Waals surface area (Å²) in [6.45, 7) is 2.42. The number of nitrogens with two attached hydrogens (primary N) is 1. The average Bonchev–Trinajstić information content (AvgIpc) is 2.77. The number of rotatable bonds is 5. The fourth-order valence-electron chi connectivity index (χ4n) is 2.59. The van der Waals surface area contributed by atoms with Crippen LogP contribution in [-0.2, 0) is 4.74 Å². The Hall–Kier alpha value is -1.50. The molecule has 6 heteroatoms. The van der Waals surface area contributed by atoms with Crippen molar-refractivity contribution < 1.29 is 9.66 Å². The molecule has 1 saturated heterocycles. The standard InChI is InChI=1S/C13H19N3O3/c1-19-9-8-15-7-6-12(14)13(15)10-2-4-11(5-3-10)16(17)18/h2-5,12-13H,6-9,14H2,1H3. The van der Waals surface area contributed by atoms with Gasteiger partial charge < -0.3 is 10.5 Å². The van der Waals surface area contributed by atoms with Gasteiger partial charge in [-0.2, -0.15) is 0 Å². The highest BCUT2D eigenvalue weighted by Crippen LogP contribution is 2.31. The molecule has 19 heavy (non-hydrogen) atoms. The van der Waals surface area contributed by atoms with Crippen molar-refractivity contribution in [1.29, 1.82) is 0 Å². The third kappa shape index (κ3) is 3.09. The van der Waals surface area contributed by atoms with Gasteiger partial charge in [-0.25, -0.2) is 0 Å². The molecule has 1 aliphatic rings. The zero-order valence-corrected chi connectivity index (χ0v) is 11.0. The molecule has 0 aromatic heterocycles. The molecule has 104 valence electrons. The Morgan fingerprint density at radius 2 is 2.16 bits per heavy atom. The van der Waals surface area contributed by atoms with Crippen LogP contribution < -0.4 is 5.73 Å². The van der Waals surface area contributed by atoms with Crippen LogP contribution >= 0.6 is 0 Å². The van der Waals surface area contributed by atoms with Gasteiger partial charge in [0.15, 0.2) is 0 Å². The second-order valence-electron chi connectivity index (χ2n) is 4.77. The van der Waals surface area contributed by atoms with Gasteiger partial charge in [0, 0.05) is 38.4 Å². The minimum Gasteiger partial charge on any atom is -0.383 e. The quantitative estimate of drug-likeness (QED) is 0.641. The molecule has 2 N–H and O–H groups in total. The van der Waals surface area contributed by atoms with Gasteiger partial charge in [-0.3, -0.25) is 15.0 Å². The Morgan fingerprint density at radius 1 is 1.47 bits per heavy atom. The molecule has 2 unspecified atom stereocenters. The first kappa shape index (κ1) is 13.9. The lowest BCUT2D eigenvalue weighted by Crippen LogP contribution is -2.33. The molecule has 0 bridgehead atoms. The minimum absolute atomic E-state index is 0.0679. The van der Waals surface area contributed by atoms with Crippen LogP contribution in [0.5, 0.6) is 0 Å². The molecule has 2 rings (SSSR count). The van der Waals surface area contributed by atoms with E-state index in [1.54, 1.807) is 19.2 Å². The van der Waals surface area contributed by atoms with Crippen molar-refractivity contribution in [2.24, 2.45) is 5.73 Å². The molecule has 0 amide bonds. The van der Waals surface area contributed by atoms with Crippen LogP contribution in [-0.4, -0.2) is 42.7 Å². The van der Waals surface area contributed by atoms with Crippen LogP contribution in [0.25, 0.3) is 0 Å². The first-order chi connectivity index (χ1) is 9.13. The lowest BCUT2D eigenvalue weighted by atomic mass is 10.0. The van der Waals surface area contributed by atoms with Crippen LogP contribution in [0.15, 0.2) is 24.3 Å². The van der Waals surface area contributed by atoms with E-state index in [9.17, 15) is 10.1 Å². The van der Waals surface area contributed by atoms with Crippen LogP contribution in [0.4, 0.5) is 5.69 Å². The summed E-state index contributed by atoms with van der Waals surface area (Å²) in [5.41, 5.74) is 7.30. The van der Waals surface area contributed by atoms with Crippen LogP contribution in [0.2, 0.25) is 0 Å². The van der Waals surface area contributed by atoms with E-state index >= 15 is 0 Å². The van der Waals surface area contributed by atoms with Gasteiger partial charge in [0.1, 0.15) is 0 Å². The number of benzene rings is 1. The van der Waals surface area contributed by atoms with E-state index in [0.29, 0.717) is 6.61 Å². The zero-order valence-electron chi connectivity index (χ0n) is 11.0. The van der Waals surface area contributed by atoms with E-state index in [-0.39, 0.29) is 22.7 Å². The highest BCUT2D eigenvalue weighted by molar-refractivity contribution is 5.35. The lowest BCUT2D eigenvalue weighted by molar-refractivity contribution is -0.384. The zero-order chi connectivity index (χ0) is 13.8. The summed E-state index contributed by atoms with van der Waals surface area (Å²) in [7, 11) is 1.68. The predicted octanol–water partition coefficient (Wildman–Crippen LogP) is 1.32. The molecule has 0 aliphatic carbocycles. The number of methoxy groups -OCH3 is 1. The molecule has 1 heterocycles. The Kier molecular flexibility index (Phi) is 4.47. The van der Waals surface area contributed by atoms with E-state index in [4.69, 9.17) is 10.5 Å². The summed E-state index contributed by atoms with van der Waals surface area (Å²) < 4.78 is 5.10. The van der Waals surface area contributed by atoms with Gasteiger partial charge >= 0.3 is 0 Å². The minimum atomic E-state index is -0.388. The Labute approximate surface area is 112 Å². The Balaban J connectivity index is 2.15. The van der Waals surface area contributed by atoms with Crippen molar-refractivity contribution >= 4 is 5.69 Å². The number of ether oxygens (including phenoxy) is 1. The summed E-state index contributed by atoms with van der Waals surface area (Å²) in [6.07, 6.45) is 0.936. The molecule has 0 saturated carbocycles. The summed E-state index contributed by atoms with van der Waals surface area (Å²) >= 11 is 0. The van der Waals surface area contributed by atoms with E-state index in [1.165, 1.54) is 12.1 Å². The fourth-order valence-corrected chi connectivity index (χ4v) is 2.59. The normalized spacial score (nSPS) is 23.7. The van der Waals surface area contributed by atoms with Crippen molar-refractivity contribution in [3.63, 3.8) is 0 Å². The number of nitro benzene ring substituents is 1. The molecule has 0 radical (unpaired) electrons. The smallest absolute Gasteiger partial charge is 0.269 e. The second kappa shape index (κ2) is 6.10. The molecule has 2 atom stereocenters. The van der Waals surface area contributed by atoms with Gasteiger partial charge in [-0.05, 0) is 12.0 Å². The third-order valence-corrected chi connectivity index (χ3v) is 3.58. The maximum atomic E-state index is 10.7. The number of hydrogen-bond donors (Lipinski definition) is 1. The Morgan fingerprint density at radius 3 is 2.74 bits per heavy atom. The second-order valence-corrected chi connectivity index (χ2v) is 4.77. The summed E-state index contributed by atoms with van der Waals surface area (Å²) in [4.78, 5) is 12.5. The van der Waals surface area contributed by atoms with Gasteiger partial charge in [-0.15, -0.1) is 0 Å². The van der Waals surface area contributed by atoms with Crippen molar-refractivity contribution in [2.75, 3.05) is 26.8 Å². The highest BCUT2D eigenvalue weighted by Gasteiger charge is 2.32. The molecule has 0 spiro atoms. The third-order valence-electron chi connectivity index (χ3n) is 3.58. The molecule has 1 aliphatic heterocycles. The predicted molar refractivity (Wildman–Crippen MR) is 71.9 cm³/mol. The summed E-state index contributed by atoms with van der Waals surface area (Å²) in [5, 5.41) is 10.7. The molecule has 1 aromatic rings. The number of nitro groups is 1. The molecular formula is C13H19N3O3. The van der Waals surface area contributed by atoms with Gasteiger partial charge in [0.2, 0.25) is 0 Å². The van der Waals surface area contributed by atoms with Crippen molar-refractivity contribution in [3.8, 4) is 0 Å². The van der Waals surface area contributed by atoms with E-state index in [2.05, 4.69) is 4.90 Å². The van der Waals surface area contributed by atoms with E-state index in [1.807, 2.05) is 0 Å². The summed E-state index contributed by atoms with van der Waals surface area (Å²) in [5.74, 6) is 0. The molecule has 1 aromatic carbocycles. The van der Waals surface area contributed by atoms with Gasteiger partial charge in [-0.1, -0.05) is 12.1 Å². The highest BCUT2D eigenvalue weighted by atomic mass is 16.6. The SMILES string of the molecule is COCCN1CCC(N)C1c1ccc([N+](=O)[O-])cc1. The molecule has 1 fully saturated rings. The largest absolute Gasteiger partial charge is 0.383 e. The monoisotopic (exact) mass is 265 g/mol. The first-order valence-electron chi connectivity index (χ1n) is 6.36. The fraction of sp³-hybridized carbons (Fsp3) is 0.538. The topological polar surface area (TPSA) is 81.6 Å². The molecular weight excluding hydrogens is 246 g/mol. The van der Waals surface area contributed by atoms with Crippen LogP contribution in [0.1, 0.15) is 18.0 Å². The van der Waals surface area contributed by atoms with Crippen molar-refractivity contribution in [1.82, 2.24) is 4.90 Å². The van der Waals surface area contributed by atoms with E-state index < -0.39 is 0 Å². The van der Waals surface area contributed by atoms with Gasteiger partial charge in [0.25, 0.3) is 5.69 Å². The average molecular weight is 265 g/mol.